The van der Waals surface area contributed by atoms with Crippen molar-refractivity contribution in [2.45, 2.75) is 32.6 Å². The van der Waals surface area contributed by atoms with Crippen molar-refractivity contribution in [3.63, 3.8) is 0 Å². The molecule has 0 bridgehead atoms. The summed E-state index contributed by atoms with van der Waals surface area (Å²) in [7, 11) is 0. The lowest BCUT2D eigenvalue weighted by atomic mass is 10.2. The zero-order valence-corrected chi connectivity index (χ0v) is 18.3. The van der Waals surface area contributed by atoms with Gasteiger partial charge in [0.1, 0.15) is 0 Å². The molecule has 0 aromatic heterocycles. The second kappa shape index (κ2) is 17.9. The van der Waals surface area contributed by atoms with Crippen LogP contribution in [0.2, 0.25) is 0 Å². The van der Waals surface area contributed by atoms with E-state index in [4.69, 9.17) is 23.2 Å². The number of nitrogens with one attached hydrogen (secondary N) is 4. The molecule has 1 rings (SSSR count). The van der Waals surface area contributed by atoms with E-state index in [1.165, 1.54) is 5.56 Å². The molecule has 1 aromatic carbocycles. The van der Waals surface area contributed by atoms with Crippen LogP contribution in [0, 0.1) is 6.92 Å². The quantitative estimate of drug-likeness (QED) is 0.0643. The summed E-state index contributed by atoms with van der Waals surface area (Å²) in [4.78, 5) is 38.3. The molecule has 178 valence electrons. The normalized spacial score (nSPS) is 10.1. The number of hydrazone groups is 1. The van der Waals surface area contributed by atoms with Gasteiger partial charge in [-0.3, -0.25) is 30.1 Å². The number of carbonyl (C=O) groups excluding carboxylic acids is 3. The van der Waals surface area contributed by atoms with Gasteiger partial charge in [0.15, 0.2) is 5.96 Å². The number of guanidine groups is 2. The first kappa shape index (κ1) is 28.1. The lowest BCUT2D eigenvalue weighted by Crippen LogP contribution is -2.45. The van der Waals surface area contributed by atoms with Gasteiger partial charge in [-0.25, -0.2) is 5.84 Å². The molecule has 3 amide bonds. The molecular weight excluding hydrogens is 416 g/mol. The molecule has 0 aliphatic rings. The van der Waals surface area contributed by atoms with Crippen LogP contribution in [0.3, 0.4) is 0 Å². The number of rotatable bonds is 10. The van der Waals surface area contributed by atoms with E-state index in [2.05, 4.69) is 50.5 Å². The molecule has 0 aliphatic carbocycles. The van der Waals surface area contributed by atoms with Crippen molar-refractivity contribution >= 4 is 29.6 Å². The highest BCUT2D eigenvalue weighted by Crippen LogP contribution is 1.92. The summed E-state index contributed by atoms with van der Waals surface area (Å²) >= 11 is 0. The van der Waals surface area contributed by atoms with E-state index >= 15 is 0 Å². The number of hydrogen-bond donors (Lipinski definition) is 8. The number of aliphatic imine (C=N–C) groups is 1. The molecule has 13 nitrogen and oxygen atoms in total. The van der Waals surface area contributed by atoms with Crippen LogP contribution in [0.25, 0.3) is 0 Å². The van der Waals surface area contributed by atoms with Gasteiger partial charge in [0.2, 0.25) is 23.7 Å². The number of hydrazine groups is 1. The lowest BCUT2D eigenvalue weighted by molar-refractivity contribution is -0.127. The molecule has 0 heterocycles. The van der Waals surface area contributed by atoms with Crippen molar-refractivity contribution in [1.29, 1.82) is 0 Å². The molecule has 0 unspecified atom stereocenters. The Balaban J connectivity index is 0.00000115. The molecule has 0 saturated carbocycles. The summed E-state index contributed by atoms with van der Waals surface area (Å²) in [6.07, 6.45) is 1.22. The van der Waals surface area contributed by atoms with Crippen LogP contribution >= 0.6 is 0 Å². The Morgan fingerprint density at radius 1 is 0.938 bits per heavy atom. The lowest BCUT2D eigenvalue weighted by Gasteiger charge is -2.08. The van der Waals surface area contributed by atoms with Crippen molar-refractivity contribution in [3.8, 4) is 0 Å². The Kier molecular flexibility index (Phi) is 15.8. The van der Waals surface area contributed by atoms with Gasteiger partial charge in [0.05, 0.1) is 6.54 Å². The molecular formula is C19H34N10O3. The van der Waals surface area contributed by atoms with Gasteiger partial charge in [-0.05, 0) is 19.8 Å². The van der Waals surface area contributed by atoms with Crippen LogP contribution in [0.15, 0.2) is 40.4 Å². The molecule has 0 atom stereocenters. The predicted molar refractivity (Wildman–Crippen MR) is 123 cm³/mol. The van der Waals surface area contributed by atoms with Crippen molar-refractivity contribution in [3.05, 3.63) is 35.9 Å². The van der Waals surface area contributed by atoms with Crippen LogP contribution in [-0.2, 0) is 14.4 Å². The van der Waals surface area contributed by atoms with Gasteiger partial charge < -0.3 is 27.9 Å². The minimum Gasteiger partial charge on any atom is -0.370 e. The van der Waals surface area contributed by atoms with Gasteiger partial charge in [0, 0.05) is 25.9 Å². The van der Waals surface area contributed by atoms with Crippen LogP contribution < -0.4 is 44.5 Å². The fraction of sp³-hybridized carbons (Fsp3) is 0.421. The fourth-order valence-electron chi connectivity index (χ4n) is 2.06. The molecule has 32 heavy (non-hydrogen) atoms. The largest absolute Gasteiger partial charge is 0.370 e. The first-order valence-electron chi connectivity index (χ1n) is 9.93. The first-order chi connectivity index (χ1) is 15.3. The van der Waals surface area contributed by atoms with Crippen LogP contribution in [0.5, 0.6) is 0 Å². The van der Waals surface area contributed by atoms with E-state index in [9.17, 15) is 14.4 Å². The number of nitrogens with zero attached hydrogens (tertiary/aromatic N) is 2. The molecule has 0 aliphatic heterocycles. The Labute approximate surface area is 187 Å². The van der Waals surface area contributed by atoms with E-state index in [0.29, 0.717) is 19.5 Å². The van der Waals surface area contributed by atoms with Gasteiger partial charge in [-0.15, -0.1) is 5.10 Å². The number of hydrogen-bond acceptors (Lipinski definition) is 7. The SMILES string of the molecule is Cc1ccccc1.N/N=C(\NN)NC(=O)CCC(=O)NCC(=O)NCCCCN=C(N)N. The predicted octanol–water partition coefficient (Wildman–Crippen LogP) is -2.14. The van der Waals surface area contributed by atoms with Crippen LogP contribution in [-0.4, -0.2) is 49.3 Å². The van der Waals surface area contributed by atoms with Crippen LogP contribution in [0.1, 0.15) is 31.2 Å². The third kappa shape index (κ3) is 17.0. The Bertz CT molecular complexity index is 749. The van der Waals surface area contributed by atoms with E-state index in [-0.39, 0.29) is 37.2 Å². The standard InChI is InChI=1S/C12H26N10O3.C7H8/c13-11(14)18-6-2-1-5-17-10(25)7-19-8(23)3-4-9(24)20-12(21-15)22-16;1-7-5-3-2-4-6-7/h1-7,15-16H2,(H,17,25)(H,19,23)(H4,13,14,18)(H2,20,21,22,24);2-6H,1H3. The summed E-state index contributed by atoms with van der Waals surface area (Å²) in [5.74, 6) is 8.62. The minimum atomic E-state index is -0.498. The minimum absolute atomic E-state index is 0.0336. The fourth-order valence-corrected chi connectivity index (χ4v) is 2.06. The first-order valence-corrected chi connectivity index (χ1v) is 9.93. The summed E-state index contributed by atoms with van der Waals surface area (Å²) in [6, 6.07) is 10.3. The maximum Gasteiger partial charge on any atom is 0.239 e. The van der Waals surface area contributed by atoms with Gasteiger partial charge in [-0.1, -0.05) is 35.9 Å². The van der Waals surface area contributed by atoms with Crippen molar-refractivity contribution in [2.75, 3.05) is 19.6 Å². The smallest absolute Gasteiger partial charge is 0.239 e. The highest BCUT2D eigenvalue weighted by atomic mass is 16.2. The number of amides is 3. The van der Waals surface area contributed by atoms with Crippen LogP contribution in [0.4, 0.5) is 0 Å². The number of aryl methyl sites for hydroxylation is 1. The molecule has 0 spiro atoms. The Morgan fingerprint density at radius 2 is 1.59 bits per heavy atom. The van der Waals surface area contributed by atoms with Crippen molar-refractivity contribution < 1.29 is 14.4 Å². The molecule has 12 N–H and O–H groups in total. The average molecular weight is 451 g/mol. The molecule has 13 heteroatoms. The maximum absolute atomic E-state index is 11.6. The molecule has 0 saturated heterocycles. The van der Waals surface area contributed by atoms with Gasteiger partial charge in [0.25, 0.3) is 0 Å². The van der Waals surface area contributed by atoms with E-state index in [1.807, 2.05) is 18.2 Å². The molecule has 1 aromatic rings. The van der Waals surface area contributed by atoms with Crippen molar-refractivity contribution in [2.24, 2.45) is 33.2 Å². The van der Waals surface area contributed by atoms with Crippen molar-refractivity contribution in [1.82, 2.24) is 21.4 Å². The number of unbranched alkanes of at least 4 members (excludes halogenated alkanes) is 1. The summed E-state index contributed by atoms with van der Waals surface area (Å²) in [5, 5.41) is 10.5. The second-order valence-electron chi connectivity index (χ2n) is 6.47. The highest BCUT2D eigenvalue weighted by molar-refractivity contribution is 5.97. The summed E-state index contributed by atoms with van der Waals surface area (Å²) < 4.78 is 0. The van der Waals surface area contributed by atoms with E-state index in [1.54, 1.807) is 0 Å². The topological polar surface area (TPSA) is 228 Å². The Hall–Kier alpha value is -3.87. The average Bonchev–Trinajstić information content (AvgIpc) is 2.77. The van der Waals surface area contributed by atoms with E-state index in [0.717, 1.165) is 6.42 Å². The zero-order chi connectivity index (χ0) is 24.2. The number of nitrogens with two attached hydrogens (primary N) is 4. The second-order valence-corrected chi connectivity index (χ2v) is 6.47. The molecule has 0 fully saturated rings. The Morgan fingerprint density at radius 3 is 2.12 bits per heavy atom. The third-order valence-electron chi connectivity index (χ3n) is 3.69. The van der Waals surface area contributed by atoms with E-state index < -0.39 is 11.8 Å². The highest BCUT2D eigenvalue weighted by Gasteiger charge is 2.10. The number of carbonyl (C=O) groups is 3. The summed E-state index contributed by atoms with van der Waals surface area (Å²) in [5.41, 5.74) is 13.7. The summed E-state index contributed by atoms with van der Waals surface area (Å²) in [6.45, 7) is 2.85. The number of benzene rings is 1. The van der Waals surface area contributed by atoms with Gasteiger partial charge in [-0.2, -0.15) is 0 Å². The zero-order valence-electron chi connectivity index (χ0n) is 18.3. The van der Waals surface area contributed by atoms with Gasteiger partial charge >= 0.3 is 0 Å². The monoisotopic (exact) mass is 450 g/mol. The third-order valence-corrected chi connectivity index (χ3v) is 3.69. The maximum atomic E-state index is 11.6. The molecule has 0 radical (unpaired) electrons.